The highest BCUT2D eigenvalue weighted by Crippen LogP contribution is 2.38. The Hall–Kier alpha value is -3.67. The van der Waals surface area contributed by atoms with Gasteiger partial charge in [-0.2, -0.15) is 5.26 Å². The van der Waals surface area contributed by atoms with Crippen molar-refractivity contribution in [3.63, 3.8) is 0 Å². The second kappa shape index (κ2) is 11.8. The SMILES string of the molecule is CCOc1cc([C@H](C)N2CCc3c(cc(CCN(C)CC)cc3-c3cc(N)ncc3Cl)C2=O)ncc1C#N. The molecular formula is C29H33ClN6O2. The number of rotatable bonds is 9. The van der Waals surface area contributed by atoms with Crippen molar-refractivity contribution in [2.24, 2.45) is 0 Å². The summed E-state index contributed by atoms with van der Waals surface area (Å²) in [6.45, 7) is 8.70. The number of aromatic nitrogens is 2. The van der Waals surface area contributed by atoms with Gasteiger partial charge in [-0.25, -0.2) is 4.98 Å². The molecule has 0 spiro atoms. The summed E-state index contributed by atoms with van der Waals surface area (Å²) in [5.41, 5.74) is 11.5. The monoisotopic (exact) mass is 532 g/mol. The Balaban J connectivity index is 1.75. The minimum absolute atomic E-state index is 0.0621. The second-order valence-electron chi connectivity index (χ2n) is 9.48. The van der Waals surface area contributed by atoms with E-state index in [1.807, 2.05) is 24.8 Å². The lowest BCUT2D eigenvalue weighted by molar-refractivity contribution is 0.0669. The van der Waals surface area contributed by atoms with Crippen molar-refractivity contribution in [2.45, 2.75) is 39.7 Å². The number of nitrogens with two attached hydrogens (primary N) is 1. The van der Waals surface area contributed by atoms with E-state index in [9.17, 15) is 10.1 Å². The van der Waals surface area contributed by atoms with Gasteiger partial charge in [-0.1, -0.05) is 24.6 Å². The molecule has 2 aromatic heterocycles. The molecule has 0 radical (unpaired) electrons. The summed E-state index contributed by atoms with van der Waals surface area (Å²) in [6, 6.07) is 9.49. The van der Waals surface area contributed by atoms with Crippen molar-refractivity contribution in [1.29, 1.82) is 5.26 Å². The molecule has 3 aromatic rings. The van der Waals surface area contributed by atoms with E-state index in [-0.39, 0.29) is 11.9 Å². The molecule has 0 bridgehead atoms. The van der Waals surface area contributed by atoms with E-state index < -0.39 is 0 Å². The molecule has 4 rings (SSSR count). The maximum absolute atomic E-state index is 14.0. The number of pyridine rings is 2. The molecule has 198 valence electrons. The standard InChI is InChI=1S/C29H33ClN6O2/c1-5-35(4)9-7-19-11-22(23-13-28(32)34-17-25(23)30)21-8-10-36(29(37)24(21)12-19)18(3)26-14-27(38-6-2)20(15-31)16-33-26/h11-14,16-18H,5-10H2,1-4H3,(H2,32,34)/t18-/m0/s1. The number of nitrogens with zero attached hydrogens (tertiary/aromatic N) is 5. The lowest BCUT2D eigenvalue weighted by atomic mass is 9.87. The van der Waals surface area contributed by atoms with Crippen LogP contribution in [0, 0.1) is 11.3 Å². The Labute approximate surface area is 229 Å². The Morgan fingerprint density at radius 2 is 1.95 bits per heavy atom. The smallest absolute Gasteiger partial charge is 0.254 e. The van der Waals surface area contributed by atoms with Gasteiger partial charge in [-0.05, 0) is 69.1 Å². The number of hydrogen-bond donors (Lipinski definition) is 1. The van der Waals surface area contributed by atoms with Gasteiger partial charge in [0.05, 0.1) is 23.4 Å². The van der Waals surface area contributed by atoms with Crippen LogP contribution in [0.15, 0.2) is 36.7 Å². The van der Waals surface area contributed by atoms with Crippen molar-refractivity contribution < 1.29 is 9.53 Å². The van der Waals surface area contributed by atoms with Crippen LogP contribution in [0.4, 0.5) is 5.82 Å². The molecule has 38 heavy (non-hydrogen) atoms. The van der Waals surface area contributed by atoms with Crippen LogP contribution in [-0.2, 0) is 12.8 Å². The van der Waals surface area contributed by atoms with Gasteiger partial charge in [0.15, 0.2) is 0 Å². The van der Waals surface area contributed by atoms with Gasteiger partial charge in [0.2, 0.25) is 0 Å². The van der Waals surface area contributed by atoms with E-state index >= 15 is 0 Å². The third-order valence-corrected chi connectivity index (χ3v) is 7.40. The second-order valence-corrected chi connectivity index (χ2v) is 9.89. The summed E-state index contributed by atoms with van der Waals surface area (Å²) in [6.07, 6.45) is 4.51. The summed E-state index contributed by atoms with van der Waals surface area (Å²) in [5.74, 6) is 0.794. The minimum Gasteiger partial charge on any atom is -0.492 e. The average molecular weight is 533 g/mol. The van der Waals surface area contributed by atoms with Gasteiger partial charge in [-0.3, -0.25) is 9.78 Å². The topological polar surface area (TPSA) is 108 Å². The number of nitriles is 1. The van der Waals surface area contributed by atoms with Crippen molar-refractivity contribution in [2.75, 3.05) is 39.0 Å². The first-order valence-electron chi connectivity index (χ1n) is 12.9. The van der Waals surface area contributed by atoms with Crippen LogP contribution in [0.3, 0.4) is 0 Å². The van der Waals surface area contributed by atoms with E-state index in [0.717, 1.165) is 41.8 Å². The molecule has 0 fully saturated rings. The molecule has 2 N–H and O–H groups in total. The van der Waals surface area contributed by atoms with Gasteiger partial charge in [0.1, 0.15) is 23.2 Å². The number of hydrogen-bond acceptors (Lipinski definition) is 7. The van der Waals surface area contributed by atoms with Crippen LogP contribution in [0.1, 0.15) is 59.6 Å². The van der Waals surface area contributed by atoms with Gasteiger partial charge in [0, 0.05) is 42.7 Å². The van der Waals surface area contributed by atoms with Crippen molar-refractivity contribution >= 4 is 23.3 Å². The van der Waals surface area contributed by atoms with E-state index in [4.69, 9.17) is 22.1 Å². The van der Waals surface area contributed by atoms with Gasteiger partial charge < -0.3 is 20.3 Å². The number of anilines is 1. The molecule has 0 saturated carbocycles. The molecule has 1 amide bonds. The zero-order valence-electron chi connectivity index (χ0n) is 22.3. The van der Waals surface area contributed by atoms with E-state index in [2.05, 4.69) is 41.0 Å². The van der Waals surface area contributed by atoms with Gasteiger partial charge >= 0.3 is 0 Å². The molecule has 1 aliphatic rings. The summed E-state index contributed by atoms with van der Waals surface area (Å²) in [4.78, 5) is 26.6. The highest BCUT2D eigenvalue weighted by molar-refractivity contribution is 6.33. The normalized spacial score (nSPS) is 13.8. The summed E-state index contributed by atoms with van der Waals surface area (Å²) < 4.78 is 5.65. The number of nitrogen functional groups attached to an aromatic ring is 1. The first kappa shape index (κ1) is 27.4. The Bertz CT molecular complexity index is 1390. The zero-order chi connectivity index (χ0) is 27.4. The van der Waals surface area contributed by atoms with Crippen LogP contribution >= 0.6 is 11.6 Å². The number of benzene rings is 1. The fraction of sp³-hybridized carbons (Fsp3) is 0.379. The van der Waals surface area contributed by atoms with E-state index in [0.29, 0.717) is 53.0 Å². The lowest BCUT2D eigenvalue weighted by Gasteiger charge is -2.35. The predicted octanol–water partition coefficient (Wildman–Crippen LogP) is 4.90. The quantitative estimate of drug-likeness (QED) is 0.417. The molecule has 0 unspecified atom stereocenters. The Kier molecular flexibility index (Phi) is 8.50. The fourth-order valence-electron chi connectivity index (χ4n) is 4.77. The number of amides is 1. The van der Waals surface area contributed by atoms with Gasteiger partial charge in [-0.15, -0.1) is 0 Å². The lowest BCUT2D eigenvalue weighted by Crippen LogP contribution is -2.40. The van der Waals surface area contributed by atoms with Crippen LogP contribution in [-0.4, -0.2) is 59.0 Å². The molecular weight excluding hydrogens is 500 g/mol. The van der Waals surface area contributed by atoms with Crippen molar-refractivity contribution in [3.8, 4) is 22.9 Å². The van der Waals surface area contributed by atoms with Crippen LogP contribution in [0.5, 0.6) is 5.75 Å². The maximum Gasteiger partial charge on any atom is 0.254 e. The van der Waals surface area contributed by atoms with Gasteiger partial charge in [0.25, 0.3) is 5.91 Å². The Morgan fingerprint density at radius 3 is 2.66 bits per heavy atom. The van der Waals surface area contributed by atoms with E-state index in [1.54, 1.807) is 18.3 Å². The minimum atomic E-state index is -0.305. The Morgan fingerprint density at radius 1 is 1.18 bits per heavy atom. The van der Waals surface area contributed by atoms with Crippen molar-refractivity contribution in [3.05, 3.63) is 69.6 Å². The zero-order valence-corrected chi connectivity index (χ0v) is 23.0. The number of carbonyl (C=O) groups excluding carboxylic acids is 1. The number of fused-ring (bicyclic) bond motifs is 1. The highest BCUT2D eigenvalue weighted by atomic mass is 35.5. The predicted molar refractivity (Wildman–Crippen MR) is 149 cm³/mol. The highest BCUT2D eigenvalue weighted by Gasteiger charge is 2.32. The summed E-state index contributed by atoms with van der Waals surface area (Å²) in [7, 11) is 2.08. The average Bonchev–Trinajstić information content (AvgIpc) is 2.92. The molecule has 0 saturated heterocycles. The van der Waals surface area contributed by atoms with Crippen molar-refractivity contribution in [1.82, 2.24) is 19.8 Å². The molecule has 0 aliphatic carbocycles. The third kappa shape index (κ3) is 5.59. The molecule has 1 aliphatic heterocycles. The summed E-state index contributed by atoms with van der Waals surface area (Å²) >= 11 is 6.57. The molecule has 1 aromatic carbocycles. The molecule has 8 nitrogen and oxygen atoms in total. The summed E-state index contributed by atoms with van der Waals surface area (Å²) in [5, 5.41) is 9.89. The first-order chi connectivity index (χ1) is 18.3. The molecule has 9 heteroatoms. The van der Waals surface area contributed by atoms with Crippen LogP contribution in [0.2, 0.25) is 5.02 Å². The number of carbonyl (C=O) groups is 1. The molecule has 3 heterocycles. The van der Waals surface area contributed by atoms with Crippen LogP contribution in [0.25, 0.3) is 11.1 Å². The number of halogens is 1. The fourth-order valence-corrected chi connectivity index (χ4v) is 4.98. The molecule has 1 atom stereocenters. The third-order valence-electron chi connectivity index (χ3n) is 7.10. The maximum atomic E-state index is 14.0. The number of likely N-dealkylation sites (N-methyl/N-ethyl adjacent to an activating group) is 1. The number of ether oxygens (including phenoxy) is 1. The first-order valence-corrected chi connectivity index (χ1v) is 13.2. The van der Waals surface area contributed by atoms with E-state index in [1.165, 1.54) is 6.20 Å². The van der Waals surface area contributed by atoms with Crippen LogP contribution < -0.4 is 10.5 Å². The largest absolute Gasteiger partial charge is 0.492 e.